The quantitative estimate of drug-likeness (QED) is 0.312. The highest BCUT2D eigenvalue weighted by Crippen LogP contribution is 2.26. The first-order chi connectivity index (χ1) is 17.1. The maximum Gasteiger partial charge on any atom is 0.298 e. The number of anilines is 1. The van der Waals surface area contributed by atoms with Crippen LogP contribution in [0, 0.1) is 5.92 Å². The fraction of sp³-hybridized carbons (Fsp3) is 0.292. The van der Waals surface area contributed by atoms with Gasteiger partial charge in [0.15, 0.2) is 10.7 Å². The normalized spacial score (nSPS) is 14.3. The first kappa shape index (κ1) is 22.9. The van der Waals surface area contributed by atoms with Crippen LogP contribution in [-0.2, 0) is 17.6 Å². The van der Waals surface area contributed by atoms with Crippen molar-refractivity contribution in [1.82, 2.24) is 30.6 Å². The number of oxazole rings is 1. The molecule has 0 bridgehead atoms. The van der Waals surface area contributed by atoms with Gasteiger partial charge in [-0.15, -0.1) is 10.2 Å². The second-order valence-corrected chi connectivity index (χ2v) is 9.32. The van der Waals surface area contributed by atoms with E-state index in [2.05, 4.69) is 26.0 Å². The number of fused-ring (bicyclic) bond motifs is 1. The Kier molecular flexibility index (Phi) is 6.66. The van der Waals surface area contributed by atoms with E-state index in [9.17, 15) is 9.59 Å². The summed E-state index contributed by atoms with van der Waals surface area (Å²) in [4.78, 5) is 31.6. The molecule has 1 aliphatic rings. The third kappa shape index (κ3) is 5.29. The van der Waals surface area contributed by atoms with Gasteiger partial charge < -0.3 is 13.9 Å². The number of benzene rings is 2. The monoisotopic (exact) mass is 491 g/mol. The Balaban J connectivity index is 1.07. The zero-order valence-electron chi connectivity index (χ0n) is 19.2. The van der Waals surface area contributed by atoms with Gasteiger partial charge in [-0.25, -0.2) is 0 Å². The van der Waals surface area contributed by atoms with Crippen LogP contribution < -0.4 is 15.8 Å². The predicted octanol–water partition coefficient (Wildman–Crippen LogP) is 2.93. The number of nitrogens with zero attached hydrogens (tertiary/aromatic N) is 5. The van der Waals surface area contributed by atoms with E-state index in [-0.39, 0.29) is 17.7 Å². The number of hydrogen-bond acceptors (Lipinski definition) is 8. The van der Waals surface area contributed by atoms with Crippen LogP contribution in [0.1, 0.15) is 28.8 Å². The molecule has 11 heteroatoms. The van der Waals surface area contributed by atoms with Crippen molar-refractivity contribution < 1.29 is 14.0 Å². The number of nitrogens with one attached hydrogen (secondary N) is 2. The summed E-state index contributed by atoms with van der Waals surface area (Å²) in [5, 5.41) is 8.73. The van der Waals surface area contributed by atoms with Crippen LogP contribution in [0.2, 0.25) is 0 Å². The van der Waals surface area contributed by atoms with Crippen LogP contribution in [0.5, 0.6) is 0 Å². The first-order valence-corrected chi connectivity index (χ1v) is 12.3. The van der Waals surface area contributed by atoms with Crippen molar-refractivity contribution >= 4 is 40.7 Å². The predicted molar refractivity (Wildman–Crippen MR) is 132 cm³/mol. The van der Waals surface area contributed by atoms with Gasteiger partial charge in [-0.2, -0.15) is 4.98 Å². The van der Waals surface area contributed by atoms with Gasteiger partial charge in [0.05, 0.1) is 0 Å². The summed E-state index contributed by atoms with van der Waals surface area (Å²) in [6, 6.07) is 15.5. The second-order valence-electron chi connectivity index (χ2n) is 8.38. The number of aryl methyl sites for hydroxylation is 1. The maximum absolute atomic E-state index is 12.6. The highest BCUT2D eigenvalue weighted by Gasteiger charge is 2.27. The number of aromatic nitrogens is 4. The maximum atomic E-state index is 12.6. The van der Waals surface area contributed by atoms with Gasteiger partial charge in [0.25, 0.3) is 11.9 Å². The molecule has 2 aromatic heterocycles. The summed E-state index contributed by atoms with van der Waals surface area (Å²) < 4.78 is 7.68. The number of para-hydroxylation sites is 2. The van der Waals surface area contributed by atoms with Crippen molar-refractivity contribution in [2.75, 3.05) is 18.0 Å². The summed E-state index contributed by atoms with van der Waals surface area (Å²) in [6.07, 6.45) is 2.96. The average Bonchev–Trinajstić information content (AvgIpc) is 3.52. The molecule has 0 aliphatic carbocycles. The number of carbonyl (C=O) groups excluding carboxylic acids is 2. The van der Waals surface area contributed by atoms with E-state index in [0.29, 0.717) is 43.3 Å². The third-order valence-electron chi connectivity index (χ3n) is 5.97. The molecular weight excluding hydrogens is 466 g/mol. The molecule has 2 amide bonds. The molecule has 1 saturated heterocycles. The zero-order valence-corrected chi connectivity index (χ0v) is 20.0. The molecule has 1 aliphatic heterocycles. The number of rotatable bonds is 6. The average molecular weight is 492 g/mol. The van der Waals surface area contributed by atoms with E-state index in [4.69, 9.17) is 4.42 Å². The van der Waals surface area contributed by atoms with Crippen LogP contribution in [0.3, 0.4) is 0 Å². The Morgan fingerprint density at radius 3 is 2.57 bits per heavy atom. The van der Waals surface area contributed by atoms with Gasteiger partial charge in [0.1, 0.15) is 11.8 Å². The Labute approximate surface area is 206 Å². The molecule has 0 spiro atoms. The van der Waals surface area contributed by atoms with Crippen LogP contribution in [0.4, 0.5) is 6.01 Å². The number of hydrogen-bond donors (Lipinski definition) is 2. The van der Waals surface area contributed by atoms with Crippen molar-refractivity contribution in [3.05, 3.63) is 66.0 Å². The molecule has 10 nitrogen and oxygen atoms in total. The summed E-state index contributed by atoms with van der Waals surface area (Å²) in [5.41, 5.74) is 8.21. The van der Waals surface area contributed by atoms with Crippen molar-refractivity contribution in [2.45, 2.75) is 23.8 Å². The van der Waals surface area contributed by atoms with Gasteiger partial charge in [-0.3, -0.25) is 20.4 Å². The zero-order chi connectivity index (χ0) is 24.2. The lowest BCUT2D eigenvalue weighted by Crippen LogP contribution is -2.47. The van der Waals surface area contributed by atoms with Gasteiger partial charge in [0, 0.05) is 37.4 Å². The molecule has 4 aromatic rings. The van der Waals surface area contributed by atoms with E-state index >= 15 is 0 Å². The van der Waals surface area contributed by atoms with Crippen molar-refractivity contribution in [2.24, 2.45) is 13.0 Å². The highest BCUT2D eigenvalue weighted by atomic mass is 32.2. The molecule has 0 atom stereocenters. The number of carbonyl (C=O) groups is 2. The SMILES string of the molecule is Cn1cnnc1SCc1ccc(C(=O)NNC(=O)C2CCN(c3nc4ccccc4o3)CC2)cc1. The van der Waals surface area contributed by atoms with Crippen molar-refractivity contribution in [3.63, 3.8) is 0 Å². The van der Waals surface area contributed by atoms with Crippen LogP contribution in [0.15, 0.2) is 64.4 Å². The van der Waals surface area contributed by atoms with Crippen LogP contribution in [0.25, 0.3) is 11.1 Å². The standard InChI is InChI=1S/C24H25N7O3S/c1-30-15-25-29-24(30)35-14-16-6-8-17(9-7-16)21(32)27-28-22(33)18-10-12-31(13-11-18)23-26-19-4-2-3-5-20(19)34-23/h2-9,15,18H,10-14H2,1H3,(H,27,32)(H,28,33). The number of amides is 2. The lowest BCUT2D eigenvalue weighted by Gasteiger charge is -2.30. The molecule has 35 heavy (non-hydrogen) atoms. The minimum atomic E-state index is -0.352. The summed E-state index contributed by atoms with van der Waals surface area (Å²) in [7, 11) is 1.89. The molecule has 1 fully saturated rings. The van der Waals surface area contributed by atoms with Gasteiger partial charge >= 0.3 is 0 Å². The molecule has 5 rings (SSSR count). The number of piperidine rings is 1. The van der Waals surface area contributed by atoms with E-state index in [1.807, 2.05) is 52.9 Å². The fourth-order valence-corrected chi connectivity index (χ4v) is 4.77. The fourth-order valence-electron chi connectivity index (χ4n) is 3.92. The van der Waals surface area contributed by atoms with Gasteiger partial charge in [-0.05, 0) is 42.7 Å². The van der Waals surface area contributed by atoms with E-state index in [1.165, 1.54) is 0 Å². The molecular formula is C24H25N7O3S. The summed E-state index contributed by atoms with van der Waals surface area (Å²) >= 11 is 1.57. The Hall–Kier alpha value is -3.86. The summed E-state index contributed by atoms with van der Waals surface area (Å²) in [5.74, 6) is -0.00841. The Morgan fingerprint density at radius 2 is 1.86 bits per heavy atom. The largest absolute Gasteiger partial charge is 0.423 e. The smallest absolute Gasteiger partial charge is 0.298 e. The second kappa shape index (κ2) is 10.2. The number of thioether (sulfide) groups is 1. The molecule has 180 valence electrons. The number of hydrazine groups is 1. The molecule has 0 radical (unpaired) electrons. The third-order valence-corrected chi connectivity index (χ3v) is 7.08. The molecule has 3 heterocycles. The van der Waals surface area contributed by atoms with Gasteiger partial charge in [-0.1, -0.05) is 36.0 Å². The Morgan fingerprint density at radius 1 is 1.09 bits per heavy atom. The van der Waals surface area contributed by atoms with E-state index < -0.39 is 0 Å². The van der Waals surface area contributed by atoms with Crippen molar-refractivity contribution in [3.8, 4) is 0 Å². The van der Waals surface area contributed by atoms with Crippen molar-refractivity contribution in [1.29, 1.82) is 0 Å². The minimum absolute atomic E-state index is 0.184. The lowest BCUT2D eigenvalue weighted by atomic mass is 9.96. The highest BCUT2D eigenvalue weighted by molar-refractivity contribution is 7.98. The molecule has 0 unspecified atom stereocenters. The Bertz CT molecular complexity index is 1290. The molecule has 2 N–H and O–H groups in total. The van der Waals surface area contributed by atoms with E-state index in [1.54, 1.807) is 30.2 Å². The summed E-state index contributed by atoms with van der Waals surface area (Å²) in [6.45, 7) is 1.32. The molecule has 2 aromatic carbocycles. The minimum Gasteiger partial charge on any atom is -0.423 e. The van der Waals surface area contributed by atoms with Crippen LogP contribution >= 0.6 is 11.8 Å². The van der Waals surface area contributed by atoms with Crippen LogP contribution in [-0.4, -0.2) is 44.7 Å². The first-order valence-electron chi connectivity index (χ1n) is 11.3. The van der Waals surface area contributed by atoms with E-state index in [0.717, 1.165) is 21.8 Å². The lowest BCUT2D eigenvalue weighted by molar-refractivity contribution is -0.126. The topological polar surface area (TPSA) is 118 Å². The molecule has 0 saturated carbocycles. The van der Waals surface area contributed by atoms with Gasteiger partial charge in [0.2, 0.25) is 5.91 Å².